The Bertz CT molecular complexity index is 276. The molecule has 18 heavy (non-hydrogen) atoms. The third kappa shape index (κ3) is 6.32. The third-order valence-electron chi connectivity index (χ3n) is 2.79. The zero-order chi connectivity index (χ0) is 13.2. The molecule has 0 atom stereocenters. The SMILES string of the molecule is CCOCCCN=C(NN)NC1CCS(=O)CC1. The van der Waals surface area contributed by atoms with Crippen LogP contribution in [0.3, 0.4) is 0 Å². The van der Waals surface area contributed by atoms with Gasteiger partial charge in [0, 0.05) is 48.1 Å². The lowest BCUT2D eigenvalue weighted by atomic mass is 10.2. The summed E-state index contributed by atoms with van der Waals surface area (Å²) in [6.07, 6.45) is 2.70. The predicted octanol–water partition coefficient (Wildman–Crippen LogP) is -0.267. The van der Waals surface area contributed by atoms with Crippen molar-refractivity contribution in [2.45, 2.75) is 32.2 Å². The van der Waals surface area contributed by atoms with Crippen LogP contribution >= 0.6 is 0 Å². The van der Waals surface area contributed by atoms with E-state index < -0.39 is 10.8 Å². The highest BCUT2D eigenvalue weighted by Crippen LogP contribution is 2.08. The summed E-state index contributed by atoms with van der Waals surface area (Å²) >= 11 is 0. The monoisotopic (exact) mass is 276 g/mol. The normalized spacial score (nSPS) is 24.9. The fourth-order valence-electron chi connectivity index (χ4n) is 1.77. The number of nitrogens with one attached hydrogen (secondary N) is 2. The summed E-state index contributed by atoms with van der Waals surface area (Å²) in [6, 6.07) is 0.324. The zero-order valence-electron chi connectivity index (χ0n) is 11.0. The molecule has 1 rings (SSSR count). The van der Waals surface area contributed by atoms with Crippen molar-refractivity contribution in [1.29, 1.82) is 0 Å². The van der Waals surface area contributed by atoms with E-state index in [1.807, 2.05) is 6.92 Å². The van der Waals surface area contributed by atoms with E-state index in [-0.39, 0.29) is 0 Å². The molecule has 0 aromatic rings. The molecule has 0 spiro atoms. The average Bonchev–Trinajstić information content (AvgIpc) is 2.39. The summed E-state index contributed by atoms with van der Waals surface area (Å²) < 4.78 is 16.5. The predicted molar refractivity (Wildman–Crippen MR) is 74.8 cm³/mol. The Balaban J connectivity index is 2.23. The van der Waals surface area contributed by atoms with Gasteiger partial charge in [-0.15, -0.1) is 0 Å². The van der Waals surface area contributed by atoms with Crippen molar-refractivity contribution in [1.82, 2.24) is 10.7 Å². The molecule has 1 fully saturated rings. The van der Waals surface area contributed by atoms with E-state index in [9.17, 15) is 4.21 Å². The standard InChI is InChI=1S/C11H24N4O2S/c1-2-17-7-3-6-13-11(15-12)14-10-4-8-18(16)9-5-10/h10H,2-9,12H2,1H3,(H2,13,14,15). The molecular formula is C11H24N4O2S. The molecule has 0 aromatic carbocycles. The molecule has 106 valence electrons. The first-order valence-electron chi connectivity index (χ1n) is 6.46. The van der Waals surface area contributed by atoms with Gasteiger partial charge in [0.05, 0.1) is 0 Å². The van der Waals surface area contributed by atoms with Crippen molar-refractivity contribution < 1.29 is 8.95 Å². The fourth-order valence-corrected chi connectivity index (χ4v) is 3.07. The van der Waals surface area contributed by atoms with Crippen molar-refractivity contribution in [2.75, 3.05) is 31.3 Å². The number of ether oxygens (including phenoxy) is 1. The number of hydrogen-bond donors (Lipinski definition) is 3. The fraction of sp³-hybridized carbons (Fsp3) is 0.909. The lowest BCUT2D eigenvalue weighted by Gasteiger charge is -2.23. The molecule has 7 heteroatoms. The van der Waals surface area contributed by atoms with Crippen molar-refractivity contribution in [3.8, 4) is 0 Å². The van der Waals surface area contributed by atoms with Crippen LogP contribution < -0.4 is 16.6 Å². The molecule has 0 amide bonds. The Labute approximate surface area is 111 Å². The van der Waals surface area contributed by atoms with Crippen LogP contribution in [0.15, 0.2) is 4.99 Å². The number of hydrogen-bond acceptors (Lipinski definition) is 4. The minimum Gasteiger partial charge on any atom is -0.382 e. The number of nitrogens with zero attached hydrogens (tertiary/aromatic N) is 1. The summed E-state index contributed by atoms with van der Waals surface area (Å²) in [7, 11) is -0.635. The van der Waals surface area contributed by atoms with Gasteiger partial charge in [-0.3, -0.25) is 14.6 Å². The maximum absolute atomic E-state index is 11.2. The molecule has 6 nitrogen and oxygen atoms in total. The van der Waals surface area contributed by atoms with Gasteiger partial charge < -0.3 is 10.1 Å². The van der Waals surface area contributed by atoms with Crippen LogP contribution in [0.1, 0.15) is 26.2 Å². The molecule has 1 aliphatic rings. The van der Waals surface area contributed by atoms with Crippen LogP contribution in [0.2, 0.25) is 0 Å². The molecule has 0 unspecified atom stereocenters. The van der Waals surface area contributed by atoms with Crippen molar-refractivity contribution in [2.24, 2.45) is 10.8 Å². The second-order valence-electron chi connectivity index (χ2n) is 4.19. The van der Waals surface area contributed by atoms with E-state index in [1.165, 1.54) is 0 Å². The molecule has 4 N–H and O–H groups in total. The highest BCUT2D eigenvalue weighted by molar-refractivity contribution is 7.85. The highest BCUT2D eigenvalue weighted by atomic mass is 32.2. The number of guanidine groups is 1. The third-order valence-corrected chi connectivity index (χ3v) is 4.17. The van der Waals surface area contributed by atoms with Gasteiger partial charge in [-0.1, -0.05) is 0 Å². The topological polar surface area (TPSA) is 88.7 Å². The van der Waals surface area contributed by atoms with Gasteiger partial charge >= 0.3 is 0 Å². The number of hydrazine groups is 1. The van der Waals surface area contributed by atoms with Crippen molar-refractivity contribution in [3.05, 3.63) is 0 Å². The zero-order valence-corrected chi connectivity index (χ0v) is 11.8. The lowest BCUT2D eigenvalue weighted by Crippen LogP contribution is -2.48. The van der Waals surface area contributed by atoms with Gasteiger partial charge in [-0.2, -0.15) is 0 Å². The maximum atomic E-state index is 11.2. The first kappa shape index (κ1) is 15.4. The quantitative estimate of drug-likeness (QED) is 0.204. The largest absolute Gasteiger partial charge is 0.382 e. The van der Waals surface area contributed by atoms with E-state index in [4.69, 9.17) is 10.6 Å². The Morgan fingerprint density at radius 1 is 1.50 bits per heavy atom. The summed E-state index contributed by atoms with van der Waals surface area (Å²) in [4.78, 5) is 4.34. The van der Waals surface area contributed by atoms with Crippen molar-refractivity contribution in [3.63, 3.8) is 0 Å². The number of rotatable bonds is 6. The smallest absolute Gasteiger partial charge is 0.205 e. The second kappa shape index (κ2) is 9.29. The van der Waals surface area contributed by atoms with Crippen LogP contribution in [0.4, 0.5) is 0 Å². The Morgan fingerprint density at radius 3 is 2.83 bits per heavy atom. The van der Waals surface area contributed by atoms with E-state index in [0.717, 1.165) is 44.0 Å². The molecular weight excluding hydrogens is 252 g/mol. The molecule has 0 aliphatic carbocycles. The molecule has 0 radical (unpaired) electrons. The molecule has 1 aliphatic heterocycles. The van der Waals surface area contributed by atoms with Crippen LogP contribution in [0, 0.1) is 0 Å². The highest BCUT2D eigenvalue weighted by Gasteiger charge is 2.18. The van der Waals surface area contributed by atoms with E-state index in [0.29, 0.717) is 18.5 Å². The van der Waals surface area contributed by atoms with Gasteiger partial charge in [0.15, 0.2) is 0 Å². The van der Waals surface area contributed by atoms with Crippen LogP contribution in [0.25, 0.3) is 0 Å². The Morgan fingerprint density at radius 2 is 2.22 bits per heavy atom. The van der Waals surface area contributed by atoms with E-state index >= 15 is 0 Å². The summed E-state index contributed by atoms with van der Waals surface area (Å²) in [5.41, 5.74) is 2.57. The van der Waals surface area contributed by atoms with Gasteiger partial charge in [-0.05, 0) is 26.2 Å². The van der Waals surface area contributed by atoms with Gasteiger partial charge in [-0.25, -0.2) is 5.84 Å². The summed E-state index contributed by atoms with van der Waals surface area (Å²) in [5.74, 6) is 7.57. The lowest BCUT2D eigenvalue weighted by molar-refractivity contribution is 0.146. The minimum absolute atomic E-state index is 0.324. The van der Waals surface area contributed by atoms with Crippen molar-refractivity contribution >= 4 is 16.8 Å². The van der Waals surface area contributed by atoms with E-state index in [1.54, 1.807) is 0 Å². The number of aliphatic imine (C=N–C) groups is 1. The second-order valence-corrected chi connectivity index (χ2v) is 5.89. The first-order valence-corrected chi connectivity index (χ1v) is 7.95. The molecule has 0 bridgehead atoms. The first-order chi connectivity index (χ1) is 8.76. The number of nitrogens with two attached hydrogens (primary N) is 1. The summed E-state index contributed by atoms with van der Waals surface area (Å²) in [5, 5.41) is 3.26. The van der Waals surface area contributed by atoms with Crippen LogP contribution in [0.5, 0.6) is 0 Å². The summed E-state index contributed by atoms with van der Waals surface area (Å²) in [6.45, 7) is 4.12. The van der Waals surface area contributed by atoms with Crippen LogP contribution in [-0.2, 0) is 15.5 Å². The molecule has 1 saturated heterocycles. The van der Waals surface area contributed by atoms with Gasteiger partial charge in [0.25, 0.3) is 0 Å². The van der Waals surface area contributed by atoms with Gasteiger partial charge in [0.1, 0.15) is 0 Å². The minimum atomic E-state index is -0.635. The molecule has 0 saturated carbocycles. The maximum Gasteiger partial charge on any atom is 0.205 e. The Hall–Kier alpha value is -0.660. The van der Waals surface area contributed by atoms with Gasteiger partial charge in [0.2, 0.25) is 5.96 Å². The molecule has 1 heterocycles. The average molecular weight is 276 g/mol. The van der Waals surface area contributed by atoms with E-state index in [2.05, 4.69) is 15.7 Å². The Kier molecular flexibility index (Phi) is 7.95. The molecule has 0 aromatic heterocycles. The van der Waals surface area contributed by atoms with Crippen LogP contribution in [-0.4, -0.2) is 47.5 Å².